The van der Waals surface area contributed by atoms with Gasteiger partial charge in [0.25, 0.3) is 0 Å². The maximum absolute atomic E-state index is 11.6. The lowest BCUT2D eigenvalue weighted by atomic mass is 10.0. The number of rotatable bonds is 7. The van der Waals surface area contributed by atoms with E-state index in [4.69, 9.17) is 10.5 Å². The van der Waals surface area contributed by atoms with Crippen molar-refractivity contribution in [3.8, 4) is 5.75 Å². The molecule has 0 heterocycles. The van der Waals surface area contributed by atoms with E-state index in [1.165, 1.54) is 0 Å². The van der Waals surface area contributed by atoms with E-state index in [0.29, 0.717) is 25.1 Å². The summed E-state index contributed by atoms with van der Waals surface area (Å²) in [5, 5.41) is 0.914. The van der Waals surface area contributed by atoms with Crippen molar-refractivity contribution in [1.29, 1.82) is 0 Å². The van der Waals surface area contributed by atoms with Gasteiger partial charge in [-0.05, 0) is 24.6 Å². The average molecular weight is 300 g/mol. The van der Waals surface area contributed by atoms with Crippen molar-refractivity contribution >= 4 is 21.7 Å². The van der Waals surface area contributed by atoms with Crippen molar-refractivity contribution in [3.05, 3.63) is 29.3 Å². The number of hydrogen-bond donors (Lipinski definition) is 1. The predicted octanol–water partition coefficient (Wildman–Crippen LogP) is 2.90. The van der Waals surface area contributed by atoms with E-state index < -0.39 is 0 Å². The number of ether oxygens (including phenoxy) is 1. The van der Waals surface area contributed by atoms with Crippen molar-refractivity contribution in [2.24, 2.45) is 5.73 Å². The lowest BCUT2D eigenvalue weighted by molar-refractivity contribution is 0.0988. The minimum Gasteiger partial charge on any atom is -0.493 e. The van der Waals surface area contributed by atoms with Gasteiger partial charge in [0.05, 0.1) is 6.61 Å². The van der Waals surface area contributed by atoms with Crippen LogP contribution in [0.1, 0.15) is 35.7 Å². The zero-order valence-electron chi connectivity index (χ0n) is 10.0. The third kappa shape index (κ3) is 4.13. The molecule has 0 amide bonds. The Morgan fingerprint density at radius 1 is 1.47 bits per heavy atom. The monoisotopic (exact) mass is 299 g/mol. The van der Waals surface area contributed by atoms with Crippen LogP contribution in [0.15, 0.2) is 18.2 Å². The van der Waals surface area contributed by atoms with Crippen LogP contribution in [-0.2, 0) is 6.54 Å². The number of benzene rings is 1. The van der Waals surface area contributed by atoms with Gasteiger partial charge in [-0.25, -0.2) is 0 Å². The van der Waals surface area contributed by atoms with Crippen LogP contribution in [0.3, 0.4) is 0 Å². The second kappa shape index (κ2) is 7.45. The van der Waals surface area contributed by atoms with Crippen LogP contribution < -0.4 is 10.5 Å². The van der Waals surface area contributed by atoms with Crippen LogP contribution in [0, 0.1) is 0 Å². The van der Waals surface area contributed by atoms with Gasteiger partial charge in [0, 0.05) is 29.4 Å². The van der Waals surface area contributed by atoms with Crippen LogP contribution in [0.2, 0.25) is 0 Å². The fraction of sp³-hybridized carbons (Fsp3) is 0.462. The van der Waals surface area contributed by atoms with Crippen LogP contribution in [0.4, 0.5) is 0 Å². The lowest BCUT2D eigenvalue weighted by Gasteiger charge is -2.11. The summed E-state index contributed by atoms with van der Waals surface area (Å²) in [4.78, 5) is 11.6. The molecular weight excluding hydrogens is 282 g/mol. The van der Waals surface area contributed by atoms with E-state index >= 15 is 0 Å². The van der Waals surface area contributed by atoms with Gasteiger partial charge >= 0.3 is 0 Å². The van der Waals surface area contributed by atoms with Gasteiger partial charge in [0.2, 0.25) is 0 Å². The fourth-order valence-electron chi connectivity index (χ4n) is 1.49. The van der Waals surface area contributed by atoms with E-state index in [0.717, 1.165) is 23.1 Å². The molecule has 1 rings (SSSR count). The van der Waals surface area contributed by atoms with Crippen LogP contribution >= 0.6 is 15.9 Å². The molecule has 0 saturated heterocycles. The summed E-state index contributed by atoms with van der Waals surface area (Å²) >= 11 is 3.35. The standard InChI is InChI=1S/C13H18BrNO2/c1-2-12(16)10-4-5-13(11(8-10)9-15)17-7-3-6-14/h4-5,8H,2-3,6-7,9,15H2,1H3. The Hall–Kier alpha value is -0.870. The van der Waals surface area contributed by atoms with E-state index in [1.807, 2.05) is 19.1 Å². The molecule has 3 nitrogen and oxygen atoms in total. The Balaban J connectivity index is 2.81. The zero-order valence-corrected chi connectivity index (χ0v) is 11.6. The zero-order chi connectivity index (χ0) is 12.7. The molecule has 17 heavy (non-hydrogen) atoms. The van der Waals surface area contributed by atoms with Crippen molar-refractivity contribution in [2.75, 3.05) is 11.9 Å². The number of halogens is 1. The normalized spacial score (nSPS) is 10.3. The Morgan fingerprint density at radius 2 is 2.24 bits per heavy atom. The van der Waals surface area contributed by atoms with Gasteiger partial charge in [0.15, 0.2) is 5.78 Å². The molecular formula is C13H18BrNO2. The Labute approximate surface area is 110 Å². The molecule has 0 unspecified atom stereocenters. The highest BCUT2D eigenvalue weighted by molar-refractivity contribution is 9.09. The summed E-state index contributed by atoms with van der Waals surface area (Å²) in [5.41, 5.74) is 7.26. The van der Waals surface area contributed by atoms with Crippen molar-refractivity contribution in [2.45, 2.75) is 26.3 Å². The summed E-state index contributed by atoms with van der Waals surface area (Å²) in [7, 11) is 0. The molecule has 4 heteroatoms. The first-order chi connectivity index (χ1) is 8.22. The molecule has 0 radical (unpaired) electrons. The SMILES string of the molecule is CCC(=O)c1ccc(OCCCBr)c(CN)c1. The van der Waals surface area contributed by atoms with Gasteiger partial charge in [-0.1, -0.05) is 22.9 Å². The van der Waals surface area contributed by atoms with Gasteiger partial charge in [0.1, 0.15) is 5.75 Å². The van der Waals surface area contributed by atoms with Crippen molar-refractivity contribution in [1.82, 2.24) is 0 Å². The topological polar surface area (TPSA) is 52.3 Å². The largest absolute Gasteiger partial charge is 0.493 e. The molecule has 0 aromatic heterocycles. The number of Topliss-reactive ketones (excluding diaryl/α,β-unsaturated/α-hetero) is 1. The first-order valence-electron chi connectivity index (χ1n) is 5.77. The maximum Gasteiger partial charge on any atom is 0.162 e. The molecule has 1 aromatic rings. The number of ketones is 1. The summed E-state index contributed by atoms with van der Waals surface area (Å²) in [5.74, 6) is 0.910. The van der Waals surface area contributed by atoms with Gasteiger partial charge in [-0.15, -0.1) is 0 Å². The van der Waals surface area contributed by atoms with Gasteiger partial charge in [-0.2, -0.15) is 0 Å². The molecule has 2 N–H and O–H groups in total. The lowest BCUT2D eigenvalue weighted by Crippen LogP contribution is -2.06. The summed E-state index contributed by atoms with van der Waals surface area (Å²) in [6, 6.07) is 5.46. The fourth-order valence-corrected chi connectivity index (χ4v) is 1.72. The third-order valence-corrected chi connectivity index (χ3v) is 3.02. The van der Waals surface area contributed by atoms with Gasteiger partial charge in [-0.3, -0.25) is 4.79 Å². The number of alkyl halides is 1. The maximum atomic E-state index is 11.6. The van der Waals surface area contributed by atoms with Crippen molar-refractivity contribution < 1.29 is 9.53 Å². The highest BCUT2D eigenvalue weighted by atomic mass is 79.9. The van der Waals surface area contributed by atoms with E-state index in [-0.39, 0.29) is 5.78 Å². The Bertz CT molecular complexity index is 380. The second-order valence-corrected chi connectivity index (χ2v) is 4.49. The number of carbonyl (C=O) groups is 1. The highest BCUT2D eigenvalue weighted by Crippen LogP contribution is 2.21. The molecule has 0 fully saturated rings. The van der Waals surface area contributed by atoms with Crippen molar-refractivity contribution in [3.63, 3.8) is 0 Å². The summed E-state index contributed by atoms with van der Waals surface area (Å²) < 4.78 is 5.62. The quantitative estimate of drug-likeness (QED) is 0.478. The minimum atomic E-state index is 0.131. The average Bonchev–Trinajstić information content (AvgIpc) is 2.38. The number of hydrogen-bond acceptors (Lipinski definition) is 3. The van der Waals surface area contributed by atoms with Crippen LogP contribution in [0.25, 0.3) is 0 Å². The number of nitrogens with two attached hydrogens (primary N) is 1. The molecule has 0 aliphatic rings. The highest BCUT2D eigenvalue weighted by Gasteiger charge is 2.08. The molecule has 0 aliphatic heterocycles. The first-order valence-corrected chi connectivity index (χ1v) is 6.90. The molecule has 0 saturated carbocycles. The predicted molar refractivity (Wildman–Crippen MR) is 72.9 cm³/mol. The summed E-state index contributed by atoms with van der Waals surface area (Å²) in [6.45, 7) is 2.89. The smallest absolute Gasteiger partial charge is 0.162 e. The molecule has 0 aliphatic carbocycles. The van der Waals surface area contributed by atoms with Gasteiger partial charge < -0.3 is 10.5 Å². The van der Waals surface area contributed by atoms with E-state index in [2.05, 4.69) is 15.9 Å². The van der Waals surface area contributed by atoms with Crippen LogP contribution in [-0.4, -0.2) is 17.7 Å². The van der Waals surface area contributed by atoms with Crippen LogP contribution in [0.5, 0.6) is 5.75 Å². The second-order valence-electron chi connectivity index (χ2n) is 3.69. The molecule has 1 aromatic carbocycles. The van der Waals surface area contributed by atoms with E-state index in [1.54, 1.807) is 6.07 Å². The Morgan fingerprint density at radius 3 is 2.82 bits per heavy atom. The number of carbonyl (C=O) groups excluding carboxylic acids is 1. The molecule has 0 bridgehead atoms. The Kier molecular flexibility index (Phi) is 6.22. The summed E-state index contributed by atoms with van der Waals surface area (Å²) in [6.07, 6.45) is 1.45. The molecule has 0 spiro atoms. The molecule has 94 valence electrons. The van der Waals surface area contributed by atoms with E-state index in [9.17, 15) is 4.79 Å². The molecule has 0 atom stereocenters. The first kappa shape index (κ1) is 14.2. The minimum absolute atomic E-state index is 0.131. The third-order valence-electron chi connectivity index (χ3n) is 2.46.